The van der Waals surface area contributed by atoms with Crippen LogP contribution in [0.25, 0.3) is 0 Å². The van der Waals surface area contributed by atoms with Crippen molar-refractivity contribution in [3.63, 3.8) is 0 Å². The molecule has 2 saturated heterocycles. The number of nitrogens with zero attached hydrogens (tertiary/aromatic N) is 1. The van der Waals surface area contributed by atoms with Crippen LogP contribution >= 0.6 is 0 Å². The van der Waals surface area contributed by atoms with Gasteiger partial charge in [-0.1, -0.05) is 0 Å². The quantitative estimate of drug-likeness (QED) is 0.553. The summed E-state index contributed by atoms with van der Waals surface area (Å²) in [4.78, 5) is 13.8. The van der Waals surface area contributed by atoms with Crippen LogP contribution in [0.3, 0.4) is 0 Å². The van der Waals surface area contributed by atoms with Crippen LogP contribution in [-0.4, -0.2) is 61.3 Å². The van der Waals surface area contributed by atoms with E-state index in [1.165, 1.54) is 0 Å². The van der Waals surface area contributed by atoms with Crippen LogP contribution in [-0.2, 0) is 4.79 Å². The summed E-state index contributed by atoms with van der Waals surface area (Å²) in [5.74, 6) is 0.317. The van der Waals surface area contributed by atoms with Crippen molar-refractivity contribution < 1.29 is 9.90 Å². The van der Waals surface area contributed by atoms with Crippen molar-refractivity contribution in [3.05, 3.63) is 0 Å². The lowest BCUT2D eigenvalue weighted by Gasteiger charge is -2.36. The van der Waals surface area contributed by atoms with Crippen molar-refractivity contribution in [2.45, 2.75) is 25.0 Å². The number of likely N-dealkylation sites (tertiary alicyclic amines) is 1. The van der Waals surface area contributed by atoms with Crippen LogP contribution in [0.5, 0.6) is 0 Å². The molecule has 2 heterocycles. The Balaban J connectivity index is 1.83. The number of carbonyl (C=O) groups is 1. The molecule has 2 rings (SSSR count). The monoisotopic (exact) mass is 227 g/mol. The molecule has 16 heavy (non-hydrogen) atoms. The van der Waals surface area contributed by atoms with E-state index in [0.29, 0.717) is 6.54 Å². The summed E-state index contributed by atoms with van der Waals surface area (Å²) < 4.78 is 0. The van der Waals surface area contributed by atoms with Crippen LogP contribution in [0.4, 0.5) is 0 Å². The number of hydrogen-bond acceptors (Lipinski definition) is 4. The minimum Gasteiger partial charge on any atom is -0.390 e. The molecule has 92 valence electrons. The number of β-amino-alcohol motifs (C(OH)–C–C–N with tert-alkyl or cyclic N) is 1. The molecule has 0 aromatic carbocycles. The zero-order valence-corrected chi connectivity index (χ0v) is 9.78. The van der Waals surface area contributed by atoms with Crippen LogP contribution in [0.2, 0.25) is 0 Å². The van der Waals surface area contributed by atoms with Gasteiger partial charge in [-0.3, -0.25) is 9.69 Å². The second kappa shape index (κ2) is 5.12. The van der Waals surface area contributed by atoms with Crippen molar-refractivity contribution in [2.75, 3.05) is 33.2 Å². The average Bonchev–Trinajstić information content (AvgIpc) is 2.75. The Hall–Kier alpha value is -0.650. The van der Waals surface area contributed by atoms with Gasteiger partial charge in [-0.2, -0.15) is 0 Å². The van der Waals surface area contributed by atoms with E-state index in [1.807, 2.05) is 0 Å². The maximum absolute atomic E-state index is 11.5. The Morgan fingerprint density at radius 3 is 2.56 bits per heavy atom. The van der Waals surface area contributed by atoms with E-state index in [-0.39, 0.29) is 24.0 Å². The number of aliphatic hydroxyl groups is 1. The summed E-state index contributed by atoms with van der Waals surface area (Å²) in [5.41, 5.74) is 0. The lowest BCUT2D eigenvalue weighted by atomic mass is 9.94. The number of piperidine rings is 1. The van der Waals surface area contributed by atoms with E-state index in [9.17, 15) is 9.90 Å². The Morgan fingerprint density at radius 1 is 1.38 bits per heavy atom. The minimum atomic E-state index is -0.253. The fourth-order valence-electron chi connectivity index (χ4n) is 2.72. The predicted molar refractivity (Wildman–Crippen MR) is 61.0 cm³/mol. The molecule has 3 N–H and O–H groups in total. The van der Waals surface area contributed by atoms with Gasteiger partial charge in [0.2, 0.25) is 5.91 Å². The Morgan fingerprint density at radius 2 is 2.06 bits per heavy atom. The maximum Gasteiger partial charge on any atom is 0.222 e. The summed E-state index contributed by atoms with van der Waals surface area (Å²) in [6.07, 6.45) is 1.56. The molecule has 2 fully saturated rings. The largest absolute Gasteiger partial charge is 0.390 e. The molecule has 2 aliphatic heterocycles. The lowest BCUT2D eigenvalue weighted by molar-refractivity contribution is -0.126. The molecular weight excluding hydrogens is 206 g/mol. The highest BCUT2D eigenvalue weighted by Gasteiger charge is 2.34. The molecule has 5 heteroatoms. The molecule has 0 aliphatic carbocycles. The Kier molecular flexibility index (Phi) is 3.78. The van der Waals surface area contributed by atoms with Crippen molar-refractivity contribution in [3.8, 4) is 0 Å². The summed E-state index contributed by atoms with van der Waals surface area (Å²) in [6, 6.07) is 0.241. The zero-order valence-electron chi connectivity index (χ0n) is 9.78. The van der Waals surface area contributed by atoms with Gasteiger partial charge in [-0.15, -0.1) is 0 Å². The smallest absolute Gasteiger partial charge is 0.222 e. The SMILES string of the molecule is CNC(=O)C1CCN(C2CNCC2O)CC1. The normalized spacial score (nSPS) is 32.9. The van der Waals surface area contributed by atoms with E-state index >= 15 is 0 Å². The third-order valence-corrected chi connectivity index (χ3v) is 3.77. The number of hydrogen-bond donors (Lipinski definition) is 3. The average molecular weight is 227 g/mol. The van der Waals surface area contributed by atoms with Crippen LogP contribution < -0.4 is 10.6 Å². The van der Waals surface area contributed by atoms with Crippen molar-refractivity contribution >= 4 is 5.91 Å². The van der Waals surface area contributed by atoms with E-state index in [1.54, 1.807) is 7.05 Å². The second-order valence-electron chi connectivity index (χ2n) is 4.72. The minimum absolute atomic E-state index is 0.157. The van der Waals surface area contributed by atoms with Gasteiger partial charge < -0.3 is 15.7 Å². The van der Waals surface area contributed by atoms with E-state index in [2.05, 4.69) is 15.5 Å². The molecular formula is C11H21N3O2. The second-order valence-corrected chi connectivity index (χ2v) is 4.72. The molecule has 1 amide bonds. The highest BCUT2D eigenvalue weighted by Crippen LogP contribution is 2.21. The standard InChI is InChI=1S/C11H21N3O2/c1-12-11(16)8-2-4-14(5-3-8)9-6-13-7-10(9)15/h8-10,13,15H,2-7H2,1H3,(H,12,16). The lowest BCUT2D eigenvalue weighted by Crippen LogP contribution is -2.48. The molecule has 0 bridgehead atoms. The van der Waals surface area contributed by atoms with Gasteiger partial charge in [-0.05, 0) is 25.9 Å². The van der Waals surface area contributed by atoms with Gasteiger partial charge in [0.15, 0.2) is 0 Å². The van der Waals surface area contributed by atoms with Crippen LogP contribution in [0.1, 0.15) is 12.8 Å². The Labute approximate surface area is 96.2 Å². The first-order chi connectivity index (χ1) is 7.72. The first kappa shape index (κ1) is 11.8. The van der Waals surface area contributed by atoms with Crippen molar-refractivity contribution in [1.29, 1.82) is 0 Å². The van der Waals surface area contributed by atoms with E-state index in [0.717, 1.165) is 32.5 Å². The molecule has 0 aromatic heterocycles. The highest BCUT2D eigenvalue weighted by atomic mass is 16.3. The van der Waals surface area contributed by atoms with Crippen LogP contribution in [0.15, 0.2) is 0 Å². The van der Waals surface area contributed by atoms with Crippen LogP contribution in [0, 0.1) is 5.92 Å². The summed E-state index contributed by atoms with van der Waals surface area (Å²) >= 11 is 0. The molecule has 2 atom stereocenters. The van der Waals surface area contributed by atoms with E-state index < -0.39 is 0 Å². The van der Waals surface area contributed by atoms with Crippen molar-refractivity contribution in [2.24, 2.45) is 5.92 Å². The fourth-order valence-corrected chi connectivity index (χ4v) is 2.72. The van der Waals surface area contributed by atoms with Gasteiger partial charge in [-0.25, -0.2) is 0 Å². The molecule has 2 unspecified atom stereocenters. The molecule has 2 aliphatic rings. The third kappa shape index (κ3) is 2.36. The topological polar surface area (TPSA) is 64.6 Å². The molecule has 0 saturated carbocycles. The number of nitrogens with one attached hydrogen (secondary N) is 2. The first-order valence-corrected chi connectivity index (χ1v) is 6.07. The Bertz CT molecular complexity index is 252. The van der Waals surface area contributed by atoms with Gasteiger partial charge in [0.05, 0.1) is 6.10 Å². The zero-order chi connectivity index (χ0) is 11.5. The maximum atomic E-state index is 11.5. The fraction of sp³-hybridized carbons (Fsp3) is 0.909. The number of amides is 1. The molecule has 0 aromatic rings. The molecule has 5 nitrogen and oxygen atoms in total. The molecule has 0 spiro atoms. The predicted octanol–water partition coefficient (Wildman–Crippen LogP) is -1.22. The summed E-state index contributed by atoms with van der Waals surface area (Å²) in [6.45, 7) is 3.40. The first-order valence-electron chi connectivity index (χ1n) is 6.07. The van der Waals surface area contributed by atoms with Crippen molar-refractivity contribution in [1.82, 2.24) is 15.5 Å². The highest BCUT2D eigenvalue weighted by molar-refractivity contribution is 5.78. The summed E-state index contributed by atoms with van der Waals surface area (Å²) in [7, 11) is 1.69. The van der Waals surface area contributed by atoms with Gasteiger partial charge in [0, 0.05) is 32.1 Å². The van der Waals surface area contributed by atoms with Gasteiger partial charge in [0.25, 0.3) is 0 Å². The number of carbonyl (C=O) groups excluding carboxylic acids is 1. The number of rotatable bonds is 2. The molecule has 0 radical (unpaired) electrons. The van der Waals surface area contributed by atoms with Gasteiger partial charge >= 0.3 is 0 Å². The summed E-state index contributed by atoms with van der Waals surface area (Å²) in [5, 5.41) is 15.7. The van der Waals surface area contributed by atoms with Gasteiger partial charge in [0.1, 0.15) is 0 Å². The number of aliphatic hydroxyl groups excluding tert-OH is 1. The third-order valence-electron chi connectivity index (χ3n) is 3.77. The van der Waals surface area contributed by atoms with E-state index in [4.69, 9.17) is 0 Å².